The molecule has 1 aromatic heterocycles. The number of hydrogen-bond acceptors (Lipinski definition) is 2. The average molecular weight is 222 g/mol. The molecule has 16 heavy (non-hydrogen) atoms. The van der Waals surface area contributed by atoms with Crippen LogP contribution in [0.15, 0.2) is 6.20 Å². The minimum absolute atomic E-state index is 0.0317. The normalized spacial score (nSPS) is 20.6. The van der Waals surface area contributed by atoms with Crippen LogP contribution in [0.1, 0.15) is 38.4 Å². The van der Waals surface area contributed by atoms with Gasteiger partial charge in [0.2, 0.25) is 0 Å². The summed E-state index contributed by atoms with van der Waals surface area (Å²) in [5, 5.41) is 13.5. The number of aryl methyl sites for hydroxylation is 1. The zero-order chi connectivity index (χ0) is 11.9. The highest BCUT2D eigenvalue weighted by Crippen LogP contribution is 2.26. The predicted octanol–water partition coefficient (Wildman–Crippen LogP) is 1.83. The van der Waals surface area contributed by atoms with Crippen molar-refractivity contribution in [3.8, 4) is 0 Å². The molecule has 0 aliphatic heterocycles. The van der Waals surface area contributed by atoms with E-state index >= 15 is 0 Å². The first kappa shape index (κ1) is 11.2. The molecule has 1 unspecified atom stereocenters. The first-order chi connectivity index (χ1) is 7.38. The fourth-order valence-corrected chi connectivity index (χ4v) is 2.05. The zero-order valence-corrected chi connectivity index (χ0v) is 10.0. The Hall–Kier alpha value is -1.32. The maximum atomic E-state index is 10.9. The number of aromatic nitrogens is 2. The Balaban J connectivity index is 2.27. The summed E-state index contributed by atoms with van der Waals surface area (Å²) in [6, 6.07) is 0. The highest BCUT2D eigenvalue weighted by atomic mass is 16.4. The molecule has 0 saturated carbocycles. The van der Waals surface area contributed by atoms with Gasteiger partial charge in [-0.1, -0.05) is 0 Å². The third-order valence-electron chi connectivity index (χ3n) is 3.12. The molecule has 1 aliphatic rings. The monoisotopic (exact) mass is 222 g/mol. The standard InChI is InChI=1S/C12H18N2O2/c1-12(2,3)14-7-9-5-4-8(11(15)16)6-10(9)13-14/h7-8H,4-6H2,1-3H3,(H,15,16). The van der Waals surface area contributed by atoms with Gasteiger partial charge in [-0.25, -0.2) is 0 Å². The topological polar surface area (TPSA) is 55.1 Å². The van der Waals surface area contributed by atoms with Gasteiger partial charge in [0.05, 0.1) is 17.2 Å². The summed E-state index contributed by atoms with van der Waals surface area (Å²) in [5.41, 5.74) is 2.15. The van der Waals surface area contributed by atoms with E-state index in [1.807, 2.05) is 4.68 Å². The van der Waals surface area contributed by atoms with Crippen LogP contribution in [0.5, 0.6) is 0 Å². The Morgan fingerprint density at radius 3 is 2.81 bits per heavy atom. The minimum Gasteiger partial charge on any atom is -0.481 e. The zero-order valence-electron chi connectivity index (χ0n) is 10.0. The molecule has 4 heteroatoms. The molecule has 0 saturated heterocycles. The van der Waals surface area contributed by atoms with E-state index in [1.54, 1.807) is 0 Å². The van der Waals surface area contributed by atoms with Crippen LogP contribution in [-0.4, -0.2) is 20.9 Å². The number of carboxylic acids is 1. The molecule has 88 valence electrons. The molecule has 0 radical (unpaired) electrons. The van der Waals surface area contributed by atoms with Crippen molar-refractivity contribution in [2.45, 2.75) is 45.6 Å². The first-order valence-electron chi connectivity index (χ1n) is 5.68. The SMILES string of the molecule is CC(C)(C)n1cc2c(n1)CC(C(=O)O)CC2. The molecule has 2 rings (SSSR count). The first-order valence-corrected chi connectivity index (χ1v) is 5.68. The van der Waals surface area contributed by atoms with Crippen LogP contribution in [0.3, 0.4) is 0 Å². The third-order valence-corrected chi connectivity index (χ3v) is 3.12. The molecule has 0 aromatic carbocycles. The lowest BCUT2D eigenvalue weighted by molar-refractivity contribution is -0.142. The lowest BCUT2D eigenvalue weighted by atomic mass is 9.88. The van der Waals surface area contributed by atoms with E-state index in [2.05, 4.69) is 32.1 Å². The van der Waals surface area contributed by atoms with E-state index in [9.17, 15) is 4.79 Å². The molecule has 1 N–H and O–H groups in total. The fourth-order valence-electron chi connectivity index (χ4n) is 2.05. The van der Waals surface area contributed by atoms with Crippen LogP contribution in [0, 0.1) is 5.92 Å². The molecule has 1 aromatic rings. The summed E-state index contributed by atoms with van der Waals surface area (Å²) in [4.78, 5) is 10.9. The van der Waals surface area contributed by atoms with Gasteiger partial charge in [0.25, 0.3) is 0 Å². The lowest BCUT2D eigenvalue weighted by Crippen LogP contribution is -2.23. The maximum absolute atomic E-state index is 10.9. The van der Waals surface area contributed by atoms with E-state index in [4.69, 9.17) is 5.11 Å². The van der Waals surface area contributed by atoms with Crippen LogP contribution in [-0.2, 0) is 23.2 Å². The van der Waals surface area contributed by atoms with Crippen LogP contribution < -0.4 is 0 Å². The average Bonchev–Trinajstić information content (AvgIpc) is 2.58. The van der Waals surface area contributed by atoms with Crippen LogP contribution in [0.4, 0.5) is 0 Å². The number of hydrogen-bond donors (Lipinski definition) is 1. The number of nitrogens with zero attached hydrogens (tertiary/aromatic N) is 2. The molecule has 1 aliphatic carbocycles. The van der Waals surface area contributed by atoms with E-state index in [1.165, 1.54) is 5.56 Å². The Bertz CT molecular complexity index is 415. The van der Waals surface area contributed by atoms with Crippen LogP contribution >= 0.6 is 0 Å². The lowest BCUT2D eigenvalue weighted by Gasteiger charge is -2.18. The molecule has 0 fully saturated rings. The Kier molecular flexibility index (Phi) is 2.52. The summed E-state index contributed by atoms with van der Waals surface area (Å²) in [6.45, 7) is 6.29. The van der Waals surface area contributed by atoms with Crippen molar-refractivity contribution in [1.29, 1.82) is 0 Å². The molecule has 4 nitrogen and oxygen atoms in total. The number of rotatable bonds is 1. The number of carboxylic acid groups (broad SMARTS) is 1. The second-order valence-corrected chi connectivity index (χ2v) is 5.49. The van der Waals surface area contributed by atoms with Gasteiger partial charge in [0.15, 0.2) is 0 Å². The summed E-state index contributed by atoms with van der Waals surface area (Å²) in [6.07, 6.45) is 4.21. The second kappa shape index (κ2) is 3.61. The number of fused-ring (bicyclic) bond motifs is 1. The molecule has 1 atom stereocenters. The second-order valence-electron chi connectivity index (χ2n) is 5.49. The van der Waals surface area contributed by atoms with Gasteiger partial charge in [-0.2, -0.15) is 5.10 Å². The van der Waals surface area contributed by atoms with Gasteiger partial charge >= 0.3 is 5.97 Å². The Morgan fingerprint density at radius 1 is 1.56 bits per heavy atom. The quantitative estimate of drug-likeness (QED) is 0.788. The Morgan fingerprint density at radius 2 is 2.25 bits per heavy atom. The van der Waals surface area contributed by atoms with E-state index in [0.29, 0.717) is 6.42 Å². The van der Waals surface area contributed by atoms with Crippen molar-refractivity contribution in [1.82, 2.24) is 9.78 Å². The summed E-state index contributed by atoms with van der Waals surface area (Å²) in [5.74, 6) is -0.952. The van der Waals surface area contributed by atoms with E-state index < -0.39 is 5.97 Å². The highest BCUT2D eigenvalue weighted by Gasteiger charge is 2.28. The maximum Gasteiger partial charge on any atom is 0.306 e. The summed E-state index contributed by atoms with van der Waals surface area (Å²) >= 11 is 0. The van der Waals surface area contributed by atoms with Crippen molar-refractivity contribution in [2.24, 2.45) is 5.92 Å². The summed E-state index contributed by atoms with van der Waals surface area (Å²) in [7, 11) is 0. The van der Waals surface area contributed by atoms with E-state index in [-0.39, 0.29) is 11.5 Å². The third kappa shape index (κ3) is 1.96. The van der Waals surface area contributed by atoms with E-state index in [0.717, 1.165) is 18.5 Å². The largest absolute Gasteiger partial charge is 0.481 e. The smallest absolute Gasteiger partial charge is 0.306 e. The molecule has 0 bridgehead atoms. The van der Waals surface area contributed by atoms with Gasteiger partial charge in [-0.15, -0.1) is 0 Å². The van der Waals surface area contributed by atoms with Crippen molar-refractivity contribution < 1.29 is 9.90 Å². The number of aliphatic carboxylic acids is 1. The highest BCUT2D eigenvalue weighted by molar-refractivity contribution is 5.70. The van der Waals surface area contributed by atoms with Gasteiger partial charge in [-0.3, -0.25) is 9.48 Å². The van der Waals surface area contributed by atoms with Gasteiger partial charge < -0.3 is 5.11 Å². The minimum atomic E-state index is -0.698. The van der Waals surface area contributed by atoms with Gasteiger partial charge in [0, 0.05) is 12.6 Å². The van der Waals surface area contributed by atoms with Crippen molar-refractivity contribution in [3.63, 3.8) is 0 Å². The predicted molar refractivity (Wildman–Crippen MR) is 60.4 cm³/mol. The van der Waals surface area contributed by atoms with Crippen LogP contribution in [0.2, 0.25) is 0 Å². The fraction of sp³-hybridized carbons (Fsp3) is 0.667. The number of carbonyl (C=O) groups is 1. The Labute approximate surface area is 95.3 Å². The van der Waals surface area contributed by atoms with Crippen LogP contribution in [0.25, 0.3) is 0 Å². The van der Waals surface area contributed by atoms with Crippen molar-refractivity contribution in [2.75, 3.05) is 0 Å². The molecular weight excluding hydrogens is 204 g/mol. The van der Waals surface area contributed by atoms with Gasteiger partial charge in [0.1, 0.15) is 0 Å². The summed E-state index contributed by atoms with van der Waals surface area (Å²) < 4.78 is 1.95. The van der Waals surface area contributed by atoms with Crippen molar-refractivity contribution in [3.05, 3.63) is 17.5 Å². The van der Waals surface area contributed by atoms with Gasteiger partial charge in [-0.05, 0) is 39.2 Å². The molecular formula is C12H18N2O2. The molecule has 0 amide bonds. The molecule has 0 spiro atoms. The van der Waals surface area contributed by atoms with Crippen molar-refractivity contribution >= 4 is 5.97 Å². The molecule has 1 heterocycles.